The van der Waals surface area contributed by atoms with Crippen LogP contribution in [0.5, 0.6) is 0 Å². The van der Waals surface area contributed by atoms with Gasteiger partial charge in [-0.3, -0.25) is 4.79 Å². The summed E-state index contributed by atoms with van der Waals surface area (Å²) in [6.07, 6.45) is 0. The molecular weight excluding hydrogens is 332 g/mol. The summed E-state index contributed by atoms with van der Waals surface area (Å²) in [5.74, 6) is -1.13. The van der Waals surface area contributed by atoms with E-state index in [4.69, 9.17) is 0 Å². The van der Waals surface area contributed by atoms with Crippen LogP contribution in [0.1, 0.15) is 20.7 Å². The summed E-state index contributed by atoms with van der Waals surface area (Å²) >= 11 is 0. The number of benzene rings is 2. The van der Waals surface area contributed by atoms with Crippen molar-refractivity contribution in [2.75, 3.05) is 19.5 Å². The maximum Gasteiger partial charge on any atom is 0.339 e. The lowest BCUT2D eigenvalue weighted by molar-refractivity contribution is 0.0602. The molecule has 2 N–H and O–H groups in total. The number of amides is 1. The van der Waals surface area contributed by atoms with Crippen molar-refractivity contribution in [3.63, 3.8) is 0 Å². The van der Waals surface area contributed by atoms with Crippen molar-refractivity contribution < 1.29 is 22.7 Å². The molecule has 0 heterocycles. The van der Waals surface area contributed by atoms with Crippen molar-refractivity contribution in [3.05, 3.63) is 59.7 Å². The van der Waals surface area contributed by atoms with E-state index in [2.05, 4.69) is 14.8 Å². The fourth-order valence-electron chi connectivity index (χ4n) is 2.00. The van der Waals surface area contributed by atoms with Crippen molar-refractivity contribution in [3.8, 4) is 0 Å². The molecule has 2 rings (SSSR count). The highest BCUT2D eigenvalue weighted by Gasteiger charge is 2.17. The third-order valence-corrected chi connectivity index (χ3v) is 4.67. The summed E-state index contributed by atoms with van der Waals surface area (Å²) in [7, 11) is -1.13. The highest BCUT2D eigenvalue weighted by Crippen LogP contribution is 2.18. The van der Waals surface area contributed by atoms with Crippen molar-refractivity contribution in [1.29, 1.82) is 0 Å². The number of nitrogens with one attached hydrogen (secondary N) is 2. The number of anilines is 1. The van der Waals surface area contributed by atoms with Gasteiger partial charge in [-0.2, -0.15) is 0 Å². The lowest BCUT2D eigenvalue weighted by atomic mass is 10.1. The number of ether oxygens (including phenoxy) is 1. The molecule has 24 heavy (non-hydrogen) atoms. The van der Waals surface area contributed by atoms with Crippen molar-refractivity contribution in [2.45, 2.75) is 4.90 Å². The maximum atomic E-state index is 12.4. The van der Waals surface area contributed by atoms with Crippen LogP contribution in [-0.2, 0) is 14.8 Å². The Labute approximate surface area is 139 Å². The van der Waals surface area contributed by atoms with Crippen molar-refractivity contribution >= 4 is 27.6 Å². The van der Waals surface area contributed by atoms with Crippen molar-refractivity contribution in [1.82, 2.24) is 4.72 Å². The molecule has 8 heteroatoms. The summed E-state index contributed by atoms with van der Waals surface area (Å²) in [6, 6.07) is 11.9. The SMILES string of the molecule is CNS(=O)(=O)c1cccc(C(=O)Nc2ccccc2C(=O)OC)c1. The van der Waals surface area contributed by atoms with Crippen LogP contribution in [0.4, 0.5) is 5.69 Å². The van der Waals surface area contributed by atoms with Gasteiger partial charge in [-0.25, -0.2) is 17.9 Å². The van der Waals surface area contributed by atoms with E-state index in [1.807, 2.05) is 0 Å². The Morgan fingerprint density at radius 1 is 1.04 bits per heavy atom. The number of sulfonamides is 1. The van der Waals surface area contributed by atoms with E-state index in [9.17, 15) is 18.0 Å². The van der Waals surface area contributed by atoms with Crippen LogP contribution in [0.25, 0.3) is 0 Å². The number of carbonyl (C=O) groups is 2. The highest BCUT2D eigenvalue weighted by atomic mass is 32.2. The molecule has 0 unspecified atom stereocenters. The van der Waals surface area contributed by atoms with E-state index >= 15 is 0 Å². The van der Waals surface area contributed by atoms with Gasteiger partial charge in [0.25, 0.3) is 5.91 Å². The summed E-state index contributed by atoms with van der Waals surface area (Å²) in [5, 5.41) is 2.58. The van der Waals surface area contributed by atoms with Gasteiger partial charge in [-0.1, -0.05) is 18.2 Å². The summed E-state index contributed by atoms with van der Waals surface area (Å²) in [5.41, 5.74) is 0.620. The van der Waals surface area contributed by atoms with E-state index < -0.39 is 21.9 Å². The highest BCUT2D eigenvalue weighted by molar-refractivity contribution is 7.89. The van der Waals surface area contributed by atoms with Gasteiger partial charge >= 0.3 is 5.97 Å². The van der Waals surface area contributed by atoms with Gasteiger partial charge in [0, 0.05) is 5.56 Å². The van der Waals surface area contributed by atoms with E-state index in [0.717, 1.165) is 0 Å². The zero-order valence-electron chi connectivity index (χ0n) is 13.1. The van der Waals surface area contributed by atoms with Gasteiger partial charge in [0.1, 0.15) is 0 Å². The predicted molar refractivity (Wildman–Crippen MR) is 88.4 cm³/mol. The monoisotopic (exact) mass is 348 g/mol. The van der Waals surface area contributed by atoms with Crippen LogP contribution in [0.15, 0.2) is 53.4 Å². The second-order valence-electron chi connectivity index (χ2n) is 4.73. The molecule has 0 fully saturated rings. The average molecular weight is 348 g/mol. The fraction of sp³-hybridized carbons (Fsp3) is 0.125. The molecule has 7 nitrogen and oxygen atoms in total. The minimum Gasteiger partial charge on any atom is -0.465 e. The fourth-order valence-corrected chi connectivity index (χ4v) is 2.77. The Hall–Kier alpha value is -2.71. The zero-order chi connectivity index (χ0) is 17.7. The Kier molecular flexibility index (Phi) is 5.32. The second kappa shape index (κ2) is 7.24. The average Bonchev–Trinajstić information content (AvgIpc) is 2.61. The first kappa shape index (κ1) is 17.6. The van der Waals surface area contributed by atoms with Gasteiger partial charge in [0.2, 0.25) is 10.0 Å². The van der Waals surface area contributed by atoms with Crippen LogP contribution in [-0.4, -0.2) is 34.5 Å². The Morgan fingerprint density at radius 2 is 1.75 bits per heavy atom. The molecular formula is C16H16N2O5S. The number of hydrogen-bond acceptors (Lipinski definition) is 5. The molecule has 0 atom stereocenters. The third kappa shape index (κ3) is 3.79. The smallest absolute Gasteiger partial charge is 0.339 e. The number of para-hydroxylation sites is 1. The first-order valence-corrected chi connectivity index (χ1v) is 8.39. The predicted octanol–water partition coefficient (Wildman–Crippen LogP) is 1.63. The molecule has 0 radical (unpaired) electrons. The molecule has 0 saturated carbocycles. The Balaban J connectivity index is 2.32. The summed E-state index contributed by atoms with van der Waals surface area (Å²) in [6.45, 7) is 0. The molecule has 2 aromatic rings. The van der Waals surface area contributed by atoms with Gasteiger partial charge in [-0.05, 0) is 37.4 Å². The summed E-state index contributed by atoms with van der Waals surface area (Å²) < 4.78 is 30.5. The lowest BCUT2D eigenvalue weighted by Gasteiger charge is -2.10. The number of methoxy groups -OCH3 is 1. The van der Waals surface area contributed by atoms with Crippen LogP contribution in [0.2, 0.25) is 0 Å². The van der Waals surface area contributed by atoms with E-state index in [0.29, 0.717) is 0 Å². The molecule has 0 bridgehead atoms. The quantitative estimate of drug-likeness (QED) is 0.800. The molecule has 0 aromatic heterocycles. The minimum atomic E-state index is -3.66. The molecule has 0 aliphatic heterocycles. The number of carbonyl (C=O) groups excluding carboxylic acids is 2. The summed E-state index contributed by atoms with van der Waals surface area (Å²) in [4.78, 5) is 24.1. The van der Waals surface area contributed by atoms with E-state index in [-0.39, 0.29) is 21.7 Å². The first-order valence-electron chi connectivity index (χ1n) is 6.91. The molecule has 0 spiro atoms. The van der Waals surface area contributed by atoms with Gasteiger partial charge in [0.15, 0.2) is 0 Å². The van der Waals surface area contributed by atoms with Crippen LogP contribution < -0.4 is 10.0 Å². The second-order valence-corrected chi connectivity index (χ2v) is 6.61. The van der Waals surface area contributed by atoms with Crippen molar-refractivity contribution in [2.24, 2.45) is 0 Å². The number of hydrogen-bond donors (Lipinski definition) is 2. The molecule has 0 saturated heterocycles. The minimum absolute atomic E-state index is 0.0288. The topological polar surface area (TPSA) is 102 Å². The molecule has 126 valence electrons. The Bertz CT molecular complexity index is 878. The maximum absolute atomic E-state index is 12.4. The number of rotatable bonds is 5. The van der Waals surface area contributed by atoms with E-state index in [1.165, 1.54) is 44.5 Å². The van der Waals surface area contributed by atoms with E-state index in [1.54, 1.807) is 18.2 Å². The van der Waals surface area contributed by atoms with Gasteiger partial charge in [-0.15, -0.1) is 0 Å². The standard InChI is InChI=1S/C16H16N2O5S/c1-17-24(21,22)12-7-5-6-11(10-12)15(19)18-14-9-4-3-8-13(14)16(20)23-2/h3-10,17H,1-2H3,(H,18,19). The van der Waals surface area contributed by atoms with Crippen LogP contribution >= 0.6 is 0 Å². The zero-order valence-corrected chi connectivity index (χ0v) is 13.9. The molecule has 2 aromatic carbocycles. The van der Waals surface area contributed by atoms with Gasteiger partial charge in [0.05, 0.1) is 23.3 Å². The largest absolute Gasteiger partial charge is 0.465 e. The first-order chi connectivity index (χ1) is 11.4. The Morgan fingerprint density at radius 3 is 2.42 bits per heavy atom. The van der Waals surface area contributed by atoms with Crippen LogP contribution in [0, 0.1) is 0 Å². The van der Waals surface area contributed by atoms with Crippen LogP contribution in [0.3, 0.4) is 0 Å². The molecule has 0 aliphatic rings. The lowest BCUT2D eigenvalue weighted by Crippen LogP contribution is -2.20. The molecule has 1 amide bonds. The normalized spacial score (nSPS) is 10.9. The number of esters is 1. The third-order valence-electron chi connectivity index (χ3n) is 3.26. The molecule has 0 aliphatic carbocycles. The van der Waals surface area contributed by atoms with Gasteiger partial charge < -0.3 is 10.1 Å².